The average molecular weight is 575 g/mol. The molecule has 0 unspecified atom stereocenters. The van der Waals surface area contributed by atoms with Crippen LogP contribution in [-0.4, -0.2) is 32.3 Å². The molecule has 0 saturated carbocycles. The lowest BCUT2D eigenvalue weighted by molar-refractivity contribution is -0.113. The van der Waals surface area contributed by atoms with Gasteiger partial charge in [0.05, 0.1) is 38.1 Å². The third-order valence-corrected chi connectivity index (χ3v) is 7.36. The van der Waals surface area contributed by atoms with Gasteiger partial charge in [0.15, 0.2) is 11.0 Å². The largest absolute Gasteiger partial charge is 0.342 e. The van der Waals surface area contributed by atoms with Gasteiger partial charge < -0.3 is 15.2 Å². The third kappa shape index (κ3) is 6.83. The van der Waals surface area contributed by atoms with E-state index in [1.54, 1.807) is 30.3 Å². The van der Waals surface area contributed by atoms with Gasteiger partial charge in [0.1, 0.15) is 0 Å². The molecular formula is C23H23Cl4N5O2S. The fraction of sp³-hybridized carbons (Fsp3) is 0.304. The first-order valence-corrected chi connectivity index (χ1v) is 13.2. The number of carbonyl (C=O) groups is 2. The van der Waals surface area contributed by atoms with Crippen molar-refractivity contribution in [3.05, 3.63) is 67.9 Å². The van der Waals surface area contributed by atoms with Gasteiger partial charge in [-0.3, -0.25) is 9.59 Å². The van der Waals surface area contributed by atoms with Crippen molar-refractivity contribution in [2.24, 2.45) is 5.92 Å². The Morgan fingerprint density at radius 3 is 2.46 bits per heavy atom. The lowest BCUT2D eigenvalue weighted by Gasteiger charge is -2.22. The fourth-order valence-electron chi connectivity index (χ4n) is 3.27. The molecule has 2 amide bonds. The highest BCUT2D eigenvalue weighted by atomic mass is 35.5. The minimum atomic E-state index is -0.435. The molecule has 0 aliphatic rings. The summed E-state index contributed by atoms with van der Waals surface area (Å²) in [7, 11) is 0. The van der Waals surface area contributed by atoms with Gasteiger partial charge in [0.25, 0.3) is 5.91 Å². The van der Waals surface area contributed by atoms with Gasteiger partial charge in [-0.2, -0.15) is 0 Å². The van der Waals surface area contributed by atoms with Crippen LogP contribution in [0, 0.1) is 5.92 Å². The first kappa shape index (κ1) is 27.6. The number of rotatable bonds is 9. The summed E-state index contributed by atoms with van der Waals surface area (Å²) in [5.41, 5.74) is 0.751. The second-order valence-corrected chi connectivity index (χ2v) is 10.4. The number of amides is 2. The van der Waals surface area contributed by atoms with Crippen LogP contribution in [0.5, 0.6) is 0 Å². The molecule has 0 spiro atoms. The Balaban J connectivity index is 1.74. The van der Waals surface area contributed by atoms with Crippen LogP contribution in [-0.2, 0) is 11.3 Å². The minimum Gasteiger partial charge on any atom is -0.342 e. The highest BCUT2D eigenvalue weighted by Crippen LogP contribution is 2.30. The highest BCUT2D eigenvalue weighted by molar-refractivity contribution is 7.99. The van der Waals surface area contributed by atoms with Crippen molar-refractivity contribution in [2.75, 3.05) is 11.1 Å². The molecule has 1 aromatic heterocycles. The lowest BCUT2D eigenvalue weighted by Crippen LogP contribution is -2.34. The maximum atomic E-state index is 12.9. The van der Waals surface area contributed by atoms with Crippen molar-refractivity contribution in [1.82, 2.24) is 20.1 Å². The zero-order chi connectivity index (χ0) is 25.7. The number of benzene rings is 2. The van der Waals surface area contributed by atoms with Gasteiger partial charge in [-0.25, -0.2) is 0 Å². The summed E-state index contributed by atoms with van der Waals surface area (Å²) in [5.74, 6) is 0.0629. The summed E-state index contributed by atoms with van der Waals surface area (Å²) in [4.78, 5) is 25.4. The number of carbonyl (C=O) groups excluding carboxylic acids is 2. The molecule has 1 heterocycles. The summed E-state index contributed by atoms with van der Waals surface area (Å²) < 4.78 is 1.87. The van der Waals surface area contributed by atoms with Crippen LogP contribution in [0.1, 0.15) is 43.0 Å². The summed E-state index contributed by atoms with van der Waals surface area (Å²) in [5, 5.41) is 16.2. The Hall–Kier alpha value is -1.97. The topological polar surface area (TPSA) is 88.9 Å². The van der Waals surface area contributed by atoms with Crippen molar-refractivity contribution in [1.29, 1.82) is 0 Å². The molecule has 186 valence electrons. The smallest absolute Gasteiger partial charge is 0.253 e. The SMILES string of the molecule is CCn1c(SCC(=O)Nc2cccc(Cl)c2Cl)nnc1[C@H](NC(=O)c1ccc(Cl)cc1Cl)C(C)C. The van der Waals surface area contributed by atoms with E-state index < -0.39 is 6.04 Å². The maximum absolute atomic E-state index is 12.9. The van der Waals surface area contributed by atoms with Crippen LogP contribution in [0.3, 0.4) is 0 Å². The highest BCUT2D eigenvalue weighted by Gasteiger charge is 2.27. The molecule has 0 fully saturated rings. The van der Waals surface area contributed by atoms with E-state index in [1.807, 2.05) is 25.3 Å². The van der Waals surface area contributed by atoms with Gasteiger partial charge in [0.2, 0.25) is 5.91 Å². The molecule has 0 bridgehead atoms. The Morgan fingerprint density at radius 1 is 1.06 bits per heavy atom. The standard InChI is InChI=1S/C23H23Cl4N5O2S/c1-4-32-21(20(12(2)3)29-22(34)14-9-8-13(24)10-16(14)26)30-31-23(32)35-11-18(33)28-17-7-5-6-15(25)19(17)27/h5-10,12,20H,4,11H2,1-3H3,(H,28,33)(H,29,34)/t20-/m1/s1. The maximum Gasteiger partial charge on any atom is 0.253 e. The third-order valence-electron chi connectivity index (χ3n) is 5.03. The van der Waals surface area contributed by atoms with E-state index in [4.69, 9.17) is 46.4 Å². The van der Waals surface area contributed by atoms with Crippen LogP contribution in [0.15, 0.2) is 41.6 Å². The molecule has 1 atom stereocenters. The molecule has 3 rings (SSSR count). The Labute approximate surface area is 227 Å². The van der Waals surface area contributed by atoms with E-state index in [2.05, 4.69) is 20.8 Å². The van der Waals surface area contributed by atoms with E-state index in [0.717, 1.165) is 0 Å². The molecule has 0 saturated heterocycles. The normalized spacial score (nSPS) is 12.0. The fourth-order valence-corrected chi connectivity index (χ4v) is 4.92. The van der Waals surface area contributed by atoms with Crippen LogP contribution in [0.2, 0.25) is 20.1 Å². The molecule has 7 nitrogen and oxygen atoms in total. The number of nitrogens with one attached hydrogen (secondary N) is 2. The van der Waals surface area contributed by atoms with E-state index in [9.17, 15) is 9.59 Å². The second-order valence-electron chi connectivity index (χ2n) is 7.84. The lowest BCUT2D eigenvalue weighted by atomic mass is 10.0. The van der Waals surface area contributed by atoms with Gasteiger partial charge in [0, 0.05) is 11.6 Å². The molecule has 2 N–H and O–H groups in total. The Kier molecular flexibility index (Phi) is 9.72. The van der Waals surface area contributed by atoms with Crippen molar-refractivity contribution < 1.29 is 9.59 Å². The molecule has 0 aliphatic carbocycles. The average Bonchev–Trinajstić information content (AvgIpc) is 3.21. The van der Waals surface area contributed by atoms with Gasteiger partial charge in [-0.15, -0.1) is 10.2 Å². The zero-order valence-corrected chi connectivity index (χ0v) is 23.0. The first-order valence-electron chi connectivity index (χ1n) is 10.7. The zero-order valence-electron chi connectivity index (χ0n) is 19.1. The van der Waals surface area contributed by atoms with Gasteiger partial charge in [-0.05, 0) is 43.2 Å². The summed E-state index contributed by atoms with van der Waals surface area (Å²) in [6.07, 6.45) is 0. The molecule has 0 aliphatic heterocycles. The van der Waals surface area contributed by atoms with Crippen molar-refractivity contribution >= 4 is 75.7 Å². The monoisotopic (exact) mass is 573 g/mol. The molecule has 3 aromatic rings. The van der Waals surface area contributed by atoms with E-state index >= 15 is 0 Å². The van der Waals surface area contributed by atoms with Gasteiger partial charge >= 0.3 is 0 Å². The molecule has 0 radical (unpaired) electrons. The summed E-state index contributed by atoms with van der Waals surface area (Å²) in [6, 6.07) is 9.29. The number of hydrogen-bond acceptors (Lipinski definition) is 5. The number of aromatic nitrogens is 3. The molecule has 12 heteroatoms. The molecule has 2 aromatic carbocycles. The van der Waals surface area contributed by atoms with Crippen LogP contribution in [0.4, 0.5) is 5.69 Å². The predicted molar refractivity (Wildman–Crippen MR) is 143 cm³/mol. The van der Waals surface area contributed by atoms with Gasteiger partial charge in [-0.1, -0.05) is 78.1 Å². The summed E-state index contributed by atoms with van der Waals surface area (Å²) in [6.45, 7) is 6.43. The quantitative estimate of drug-likeness (QED) is 0.275. The van der Waals surface area contributed by atoms with Crippen molar-refractivity contribution in [3.63, 3.8) is 0 Å². The van der Waals surface area contributed by atoms with Crippen molar-refractivity contribution in [2.45, 2.75) is 38.5 Å². The summed E-state index contributed by atoms with van der Waals surface area (Å²) >= 11 is 25.5. The van der Waals surface area contributed by atoms with Crippen LogP contribution < -0.4 is 10.6 Å². The van der Waals surface area contributed by atoms with Crippen LogP contribution in [0.25, 0.3) is 0 Å². The molecular weight excluding hydrogens is 552 g/mol. The van der Waals surface area contributed by atoms with Crippen molar-refractivity contribution in [3.8, 4) is 0 Å². The number of halogens is 4. The number of nitrogens with zero attached hydrogens (tertiary/aromatic N) is 3. The Morgan fingerprint density at radius 2 is 1.80 bits per heavy atom. The van der Waals surface area contributed by atoms with E-state index in [1.165, 1.54) is 17.8 Å². The number of hydrogen-bond donors (Lipinski definition) is 2. The second kappa shape index (κ2) is 12.3. The molecule has 35 heavy (non-hydrogen) atoms. The number of anilines is 1. The first-order chi connectivity index (χ1) is 16.6. The number of thioether (sulfide) groups is 1. The minimum absolute atomic E-state index is 0.00523. The Bertz CT molecular complexity index is 1230. The van der Waals surface area contributed by atoms with E-state index in [-0.39, 0.29) is 33.5 Å². The van der Waals surface area contributed by atoms with Crippen LogP contribution >= 0.6 is 58.2 Å². The predicted octanol–water partition coefficient (Wildman–Crippen LogP) is 6.77. The van der Waals surface area contributed by atoms with E-state index in [0.29, 0.717) is 38.8 Å².